The number of alkyl halides is 3. The van der Waals surface area contributed by atoms with Crippen LogP contribution in [0.3, 0.4) is 0 Å². The highest BCUT2D eigenvalue weighted by Crippen LogP contribution is 2.36. The standard InChI is InChI=1S/C33H27ClF3N7O2/c34-28-16-25(11-13-27(28)33(35,36)37)44-32(46)43-23-9-7-22(8-10-23)41-30-26-15-24(12-14-29(26)39-18-40-30)42-31(45)20-3-1-19(2-4-20)17-38-21-5-6-21/h1-4,7-16,18,21,38H,5-6,17H2,(H,42,45)(H,39,40,41)(H2,43,44,46). The molecule has 0 spiro atoms. The number of fused-ring (bicyclic) bond motifs is 1. The predicted octanol–water partition coefficient (Wildman–Crippen LogP) is 8.19. The Kier molecular flexibility index (Phi) is 8.73. The molecule has 6 rings (SSSR count). The van der Waals surface area contributed by atoms with Crippen molar-refractivity contribution in [3.8, 4) is 0 Å². The van der Waals surface area contributed by atoms with Crippen LogP contribution in [0.25, 0.3) is 10.9 Å². The first-order valence-corrected chi connectivity index (χ1v) is 14.7. The number of hydrogen-bond donors (Lipinski definition) is 5. The minimum absolute atomic E-state index is 0.106. The number of halogens is 4. The van der Waals surface area contributed by atoms with E-state index in [-0.39, 0.29) is 11.6 Å². The average Bonchev–Trinajstić information content (AvgIpc) is 3.86. The Labute approximate surface area is 266 Å². The van der Waals surface area contributed by atoms with Crippen molar-refractivity contribution in [1.82, 2.24) is 15.3 Å². The lowest BCUT2D eigenvalue weighted by molar-refractivity contribution is -0.137. The zero-order valence-corrected chi connectivity index (χ0v) is 24.8. The van der Waals surface area contributed by atoms with Gasteiger partial charge in [-0.2, -0.15) is 13.2 Å². The van der Waals surface area contributed by atoms with Gasteiger partial charge in [-0.3, -0.25) is 4.79 Å². The van der Waals surface area contributed by atoms with Crippen LogP contribution in [0.1, 0.15) is 34.3 Å². The Hall–Kier alpha value is -5.20. The van der Waals surface area contributed by atoms with Crippen LogP contribution in [0.2, 0.25) is 5.02 Å². The zero-order chi connectivity index (χ0) is 32.3. The number of nitrogens with zero attached hydrogens (tertiary/aromatic N) is 2. The molecule has 0 aliphatic heterocycles. The normalized spacial score (nSPS) is 12.9. The molecule has 0 saturated heterocycles. The molecule has 0 unspecified atom stereocenters. The maximum absolute atomic E-state index is 12.9. The molecule has 1 fully saturated rings. The van der Waals surface area contributed by atoms with Crippen LogP contribution in [0, 0.1) is 0 Å². The predicted molar refractivity (Wildman–Crippen MR) is 173 cm³/mol. The third-order valence-electron chi connectivity index (χ3n) is 7.22. The molecule has 46 heavy (non-hydrogen) atoms. The topological polar surface area (TPSA) is 120 Å². The van der Waals surface area contributed by atoms with Crippen LogP contribution < -0.4 is 26.6 Å². The molecular formula is C33H27ClF3N7O2. The van der Waals surface area contributed by atoms with E-state index in [0.717, 1.165) is 30.3 Å². The molecular weight excluding hydrogens is 619 g/mol. The minimum atomic E-state index is -4.59. The summed E-state index contributed by atoms with van der Waals surface area (Å²) in [6.45, 7) is 0.781. The average molecular weight is 646 g/mol. The minimum Gasteiger partial charge on any atom is -0.340 e. The number of nitrogens with one attached hydrogen (secondary N) is 5. The van der Waals surface area contributed by atoms with E-state index in [1.807, 2.05) is 24.3 Å². The van der Waals surface area contributed by atoms with Crippen LogP contribution in [0.4, 0.5) is 46.5 Å². The molecule has 9 nitrogen and oxygen atoms in total. The highest BCUT2D eigenvalue weighted by atomic mass is 35.5. The maximum atomic E-state index is 12.9. The Bertz CT molecular complexity index is 1900. The molecule has 0 bridgehead atoms. The first-order chi connectivity index (χ1) is 22.1. The van der Waals surface area contributed by atoms with Crippen molar-refractivity contribution in [3.05, 3.63) is 113 Å². The van der Waals surface area contributed by atoms with Crippen molar-refractivity contribution < 1.29 is 22.8 Å². The first kappa shape index (κ1) is 30.8. The fourth-order valence-electron chi connectivity index (χ4n) is 4.65. The lowest BCUT2D eigenvalue weighted by Crippen LogP contribution is -2.19. The fourth-order valence-corrected chi connectivity index (χ4v) is 4.94. The van der Waals surface area contributed by atoms with Gasteiger partial charge in [-0.1, -0.05) is 23.7 Å². The smallest absolute Gasteiger partial charge is 0.340 e. The van der Waals surface area contributed by atoms with E-state index in [2.05, 4.69) is 36.6 Å². The Balaban J connectivity index is 1.08. The molecule has 234 valence electrons. The Morgan fingerprint density at radius 1 is 0.783 bits per heavy atom. The molecule has 5 N–H and O–H groups in total. The Morgan fingerprint density at radius 2 is 1.43 bits per heavy atom. The lowest BCUT2D eigenvalue weighted by atomic mass is 10.1. The zero-order valence-electron chi connectivity index (χ0n) is 24.1. The van der Waals surface area contributed by atoms with Gasteiger partial charge in [-0.05, 0) is 91.2 Å². The second-order valence-electron chi connectivity index (χ2n) is 10.7. The van der Waals surface area contributed by atoms with Crippen LogP contribution in [-0.2, 0) is 12.7 Å². The van der Waals surface area contributed by atoms with Crippen LogP contribution in [0.5, 0.6) is 0 Å². The molecule has 1 aromatic heterocycles. The summed E-state index contributed by atoms with van der Waals surface area (Å²) in [6.07, 6.45) is -0.733. The number of carbonyl (C=O) groups is 2. The first-order valence-electron chi connectivity index (χ1n) is 14.3. The number of anilines is 5. The van der Waals surface area contributed by atoms with Gasteiger partial charge in [0, 0.05) is 46.3 Å². The molecule has 3 amide bonds. The van der Waals surface area contributed by atoms with Gasteiger partial charge in [0.15, 0.2) is 0 Å². The molecule has 0 atom stereocenters. The van der Waals surface area contributed by atoms with Gasteiger partial charge in [0.25, 0.3) is 5.91 Å². The summed E-state index contributed by atoms with van der Waals surface area (Å²) in [6, 6.07) is 22.5. The Morgan fingerprint density at radius 3 is 2.13 bits per heavy atom. The van der Waals surface area contributed by atoms with Gasteiger partial charge in [-0.25, -0.2) is 14.8 Å². The van der Waals surface area contributed by atoms with E-state index in [1.165, 1.54) is 19.2 Å². The number of rotatable bonds is 9. The van der Waals surface area contributed by atoms with Crippen molar-refractivity contribution in [1.29, 1.82) is 0 Å². The van der Waals surface area contributed by atoms with Gasteiger partial charge in [0.2, 0.25) is 0 Å². The summed E-state index contributed by atoms with van der Waals surface area (Å²) in [5.41, 5.74) is 3.13. The third kappa shape index (κ3) is 7.71. The highest BCUT2D eigenvalue weighted by molar-refractivity contribution is 6.31. The van der Waals surface area contributed by atoms with Crippen molar-refractivity contribution in [2.45, 2.75) is 31.6 Å². The van der Waals surface area contributed by atoms with Crippen molar-refractivity contribution in [3.63, 3.8) is 0 Å². The molecule has 0 radical (unpaired) electrons. The molecule has 1 heterocycles. The van der Waals surface area contributed by atoms with Crippen LogP contribution >= 0.6 is 11.6 Å². The summed E-state index contributed by atoms with van der Waals surface area (Å²) in [5, 5.41) is 14.9. The highest BCUT2D eigenvalue weighted by Gasteiger charge is 2.33. The summed E-state index contributed by atoms with van der Waals surface area (Å²) < 4.78 is 38.8. The molecule has 1 aliphatic rings. The third-order valence-corrected chi connectivity index (χ3v) is 7.53. The SMILES string of the molecule is O=C(Nc1ccc(Nc2ncnc3ccc(NC(=O)c4ccc(CNC5CC5)cc4)cc23)cc1)Nc1ccc(C(F)(F)F)c(Cl)c1. The maximum Gasteiger partial charge on any atom is 0.417 e. The lowest BCUT2D eigenvalue weighted by Gasteiger charge is -2.13. The van der Waals surface area contributed by atoms with E-state index in [0.29, 0.717) is 45.4 Å². The quantitative estimate of drug-likeness (QED) is 0.110. The molecule has 13 heteroatoms. The summed E-state index contributed by atoms with van der Waals surface area (Å²) in [4.78, 5) is 34.0. The number of carbonyl (C=O) groups excluding carboxylic acids is 2. The number of aromatic nitrogens is 2. The van der Waals surface area contributed by atoms with Gasteiger partial charge < -0.3 is 26.6 Å². The molecule has 4 aromatic carbocycles. The van der Waals surface area contributed by atoms with E-state index in [9.17, 15) is 22.8 Å². The molecule has 1 saturated carbocycles. The van der Waals surface area contributed by atoms with E-state index >= 15 is 0 Å². The van der Waals surface area contributed by atoms with Crippen LogP contribution in [-0.4, -0.2) is 27.9 Å². The van der Waals surface area contributed by atoms with Crippen molar-refractivity contribution in [2.24, 2.45) is 0 Å². The monoisotopic (exact) mass is 645 g/mol. The second-order valence-corrected chi connectivity index (χ2v) is 11.1. The van der Waals surface area contributed by atoms with Crippen LogP contribution in [0.15, 0.2) is 91.3 Å². The van der Waals surface area contributed by atoms with Gasteiger partial charge in [0.05, 0.1) is 16.1 Å². The number of urea groups is 1. The fraction of sp³-hybridized carbons (Fsp3) is 0.152. The second kappa shape index (κ2) is 13.0. The van der Waals surface area contributed by atoms with Crippen molar-refractivity contribution in [2.75, 3.05) is 21.3 Å². The number of benzene rings is 4. The number of hydrogen-bond acceptors (Lipinski definition) is 6. The van der Waals surface area contributed by atoms with E-state index in [4.69, 9.17) is 11.6 Å². The van der Waals surface area contributed by atoms with Crippen molar-refractivity contribution >= 4 is 63.0 Å². The number of amides is 3. The largest absolute Gasteiger partial charge is 0.417 e. The van der Waals surface area contributed by atoms with Gasteiger partial charge in [-0.15, -0.1) is 0 Å². The summed E-state index contributed by atoms with van der Waals surface area (Å²) in [7, 11) is 0. The summed E-state index contributed by atoms with van der Waals surface area (Å²) >= 11 is 5.73. The molecule has 5 aromatic rings. The molecule has 1 aliphatic carbocycles. The van der Waals surface area contributed by atoms with E-state index in [1.54, 1.807) is 42.5 Å². The van der Waals surface area contributed by atoms with Gasteiger partial charge in [0.1, 0.15) is 12.1 Å². The summed E-state index contributed by atoms with van der Waals surface area (Å²) in [5.74, 6) is 0.271. The van der Waals surface area contributed by atoms with E-state index < -0.39 is 22.8 Å². The van der Waals surface area contributed by atoms with Gasteiger partial charge >= 0.3 is 12.2 Å².